The van der Waals surface area contributed by atoms with E-state index in [1.807, 2.05) is 38.1 Å². The van der Waals surface area contributed by atoms with E-state index in [-0.39, 0.29) is 18.8 Å². The highest BCUT2D eigenvalue weighted by Crippen LogP contribution is 2.17. The molecule has 2 rings (SSSR count). The first-order chi connectivity index (χ1) is 8.74. The fraction of sp³-hybridized carbons (Fsp3) is 0.462. The lowest BCUT2D eigenvalue weighted by atomic mass is 10.2. The van der Waals surface area contributed by atoms with Gasteiger partial charge in [-0.05, 0) is 26.0 Å². The van der Waals surface area contributed by atoms with E-state index in [9.17, 15) is 5.11 Å². The summed E-state index contributed by atoms with van der Waals surface area (Å²) in [5.41, 5.74) is 1.79. The summed E-state index contributed by atoms with van der Waals surface area (Å²) < 4.78 is 11.0. The van der Waals surface area contributed by atoms with E-state index in [2.05, 4.69) is 9.97 Å². The highest BCUT2D eigenvalue weighted by atomic mass is 16.6. The topological polar surface area (TPSA) is 67.4 Å². The van der Waals surface area contributed by atoms with Crippen LogP contribution in [0, 0.1) is 0 Å². The lowest BCUT2D eigenvalue weighted by molar-refractivity contribution is -0.0444. The normalized spacial score (nSPS) is 14.6. The number of rotatable bonds is 6. The van der Waals surface area contributed by atoms with Gasteiger partial charge in [0.25, 0.3) is 6.01 Å². The molecular weight excluding hydrogens is 232 g/mol. The monoisotopic (exact) mass is 250 g/mol. The highest BCUT2D eigenvalue weighted by Gasteiger charge is 2.19. The van der Waals surface area contributed by atoms with Crippen LogP contribution < -0.4 is 4.74 Å². The molecule has 2 aromatic rings. The van der Waals surface area contributed by atoms with Gasteiger partial charge in [-0.3, -0.25) is 0 Å². The highest BCUT2D eigenvalue weighted by molar-refractivity contribution is 5.75. The van der Waals surface area contributed by atoms with Crippen molar-refractivity contribution in [3.8, 4) is 6.01 Å². The van der Waals surface area contributed by atoms with Gasteiger partial charge in [-0.2, -0.15) is 4.98 Å². The van der Waals surface area contributed by atoms with E-state index < -0.39 is 0 Å². The van der Waals surface area contributed by atoms with E-state index in [1.165, 1.54) is 0 Å². The molecule has 1 aromatic heterocycles. The summed E-state index contributed by atoms with van der Waals surface area (Å²) in [6.07, 6.45) is -0.612. The fourth-order valence-electron chi connectivity index (χ4n) is 1.79. The number of aliphatic hydroxyl groups is 1. The average molecular weight is 250 g/mol. The molecule has 0 amide bonds. The van der Waals surface area contributed by atoms with Crippen LogP contribution in [0.1, 0.15) is 13.8 Å². The molecule has 0 radical (unpaired) electrons. The lowest BCUT2D eigenvalue weighted by Gasteiger charge is -2.21. The summed E-state index contributed by atoms with van der Waals surface area (Å²) in [5.74, 6) is 0. The Balaban J connectivity index is 2.08. The number of benzene rings is 1. The van der Waals surface area contributed by atoms with E-state index in [0.29, 0.717) is 12.6 Å². The molecule has 2 N–H and O–H groups in total. The summed E-state index contributed by atoms with van der Waals surface area (Å²) in [7, 11) is 0. The summed E-state index contributed by atoms with van der Waals surface area (Å²) >= 11 is 0. The van der Waals surface area contributed by atoms with Gasteiger partial charge >= 0.3 is 0 Å². The van der Waals surface area contributed by atoms with Gasteiger partial charge in [0.2, 0.25) is 0 Å². The zero-order chi connectivity index (χ0) is 13.0. The van der Waals surface area contributed by atoms with E-state index in [1.54, 1.807) is 0 Å². The van der Waals surface area contributed by atoms with Crippen LogP contribution in [0.3, 0.4) is 0 Å². The second-order valence-corrected chi connectivity index (χ2v) is 4.06. The van der Waals surface area contributed by atoms with Crippen molar-refractivity contribution in [1.29, 1.82) is 0 Å². The van der Waals surface area contributed by atoms with Crippen LogP contribution in [0.2, 0.25) is 0 Å². The molecule has 98 valence electrons. The third kappa shape index (κ3) is 2.80. The minimum Gasteiger partial charge on any atom is -0.459 e. The molecule has 0 bridgehead atoms. The quantitative estimate of drug-likeness (QED) is 0.819. The van der Waals surface area contributed by atoms with E-state index in [4.69, 9.17) is 9.47 Å². The maximum Gasteiger partial charge on any atom is 0.294 e. The smallest absolute Gasteiger partial charge is 0.294 e. The minimum absolute atomic E-state index is 0.0742. The first kappa shape index (κ1) is 12.9. The second kappa shape index (κ2) is 5.84. The van der Waals surface area contributed by atoms with E-state index >= 15 is 0 Å². The predicted octanol–water partition coefficient (Wildman–Crippen LogP) is 1.73. The van der Waals surface area contributed by atoms with Crippen molar-refractivity contribution in [3.05, 3.63) is 24.3 Å². The van der Waals surface area contributed by atoms with Gasteiger partial charge in [-0.15, -0.1) is 0 Å². The number of nitrogens with zero attached hydrogens (tertiary/aromatic N) is 1. The summed E-state index contributed by atoms with van der Waals surface area (Å²) in [5, 5.41) is 9.21. The van der Waals surface area contributed by atoms with Crippen LogP contribution in [0.15, 0.2) is 24.3 Å². The van der Waals surface area contributed by atoms with Crippen molar-refractivity contribution in [2.24, 2.45) is 0 Å². The van der Waals surface area contributed by atoms with Gasteiger partial charge in [0, 0.05) is 6.61 Å². The van der Waals surface area contributed by atoms with E-state index in [0.717, 1.165) is 11.0 Å². The third-order valence-corrected chi connectivity index (χ3v) is 2.75. The Kier molecular flexibility index (Phi) is 4.17. The average Bonchev–Trinajstić information content (AvgIpc) is 2.77. The molecule has 0 saturated heterocycles. The molecule has 0 fully saturated rings. The predicted molar refractivity (Wildman–Crippen MR) is 68.7 cm³/mol. The molecule has 5 heteroatoms. The number of fused-ring (bicyclic) bond motifs is 1. The number of imidazole rings is 1. The van der Waals surface area contributed by atoms with Crippen LogP contribution >= 0.6 is 0 Å². The van der Waals surface area contributed by atoms with Crippen molar-refractivity contribution >= 4 is 11.0 Å². The molecule has 1 aromatic carbocycles. The standard InChI is InChI=1S/C13H18N2O3/c1-3-17-12(8-16)9(2)18-13-14-10-6-4-5-7-11(10)15-13/h4-7,9,12,16H,3,8H2,1-2H3,(H,14,15)/t9?,12-/m1/s1. The van der Waals surface area contributed by atoms with Gasteiger partial charge in [0.15, 0.2) is 0 Å². The molecule has 2 atom stereocenters. The van der Waals surface area contributed by atoms with Crippen LogP contribution in [-0.4, -0.2) is 40.5 Å². The Bertz CT molecular complexity index is 465. The molecule has 5 nitrogen and oxygen atoms in total. The van der Waals surface area contributed by atoms with Crippen molar-refractivity contribution < 1.29 is 14.6 Å². The third-order valence-electron chi connectivity index (χ3n) is 2.75. The lowest BCUT2D eigenvalue weighted by Crippen LogP contribution is -2.34. The maximum atomic E-state index is 9.21. The number of aromatic nitrogens is 2. The number of aliphatic hydroxyl groups excluding tert-OH is 1. The maximum absolute atomic E-state index is 9.21. The molecule has 1 heterocycles. The first-order valence-electron chi connectivity index (χ1n) is 6.08. The fourth-order valence-corrected chi connectivity index (χ4v) is 1.79. The Morgan fingerprint density at radius 1 is 1.39 bits per heavy atom. The number of hydrogen-bond acceptors (Lipinski definition) is 4. The molecule has 18 heavy (non-hydrogen) atoms. The molecule has 0 aliphatic heterocycles. The number of hydrogen-bond donors (Lipinski definition) is 2. The zero-order valence-corrected chi connectivity index (χ0v) is 10.6. The molecule has 0 spiro atoms. The zero-order valence-electron chi connectivity index (χ0n) is 10.6. The van der Waals surface area contributed by atoms with Gasteiger partial charge in [0.05, 0.1) is 17.6 Å². The van der Waals surface area contributed by atoms with Crippen LogP contribution in [0.25, 0.3) is 11.0 Å². The van der Waals surface area contributed by atoms with Crippen LogP contribution in [-0.2, 0) is 4.74 Å². The molecular formula is C13H18N2O3. The van der Waals surface area contributed by atoms with Gasteiger partial charge in [-0.25, -0.2) is 0 Å². The number of nitrogens with one attached hydrogen (secondary N) is 1. The molecule has 1 unspecified atom stereocenters. The molecule has 0 aliphatic carbocycles. The number of ether oxygens (including phenoxy) is 2. The van der Waals surface area contributed by atoms with Crippen molar-refractivity contribution in [2.75, 3.05) is 13.2 Å². The van der Waals surface area contributed by atoms with Crippen molar-refractivity contribution in [2.45, 2.75) is 26.1 Å². The number of aromatic amines is 1. The Morgan fingerprint density at radius 2 is 2.17 bits per heavy atom. The summed E-state index contributed by atoms with van der Waals surface area (Å²) in [6, 6.07) is 8.15. The minimum atomic E-state index is -0.344. The van der Waals surface area contributed by atoms with Gasteiger partial charge in [-0.1, -0.05) is 12.1 Å². The Hall–Kier alpha value is -1.59. The molecule has 0 saturated carbocycles. The largest absolute Gasteiger partial charge is 0.459 e. The first-order valence-corrected chi connectivity index (χ1v) is 6.08. The SMILES string of the molecule is CCO[C@H](CO)C(C)Oc1nc2ccccc2[nH]1. The number of para-hydroxylation sites is 2. The second-order valence-electron chi connectivity index (χ2n) is 4.06. The Morgan fingerprint density at radius 3 is 2.83 bits per heavy atom. The summed E-state index contributed by atoms with van der Waals surface area (Å²) in [6.45, 7) is 4.20. The van der Waals surface area contributed by atoms with Crippen molar-refractivity contribution in [3.63, 3.8) is 0 Å². The Labute approximate surface area is 106 Å². The molecule has 0 aliphatic rings. The van der Waals surface area contributed by atoms with Crippen molar-refractivity contribution in [1.82, 2.24) is 9.97 Å². The number of H-pyrrole nitrogens is 1. The van der Waals surface area contributed by atoms with Crippen LogP contribution in [0.4, 0.5) is 0 Å². The summed E-state index contributed by atoms with van der Waals surface area (Å²) in [4.78, 5) is 7.39. The van der Waals surface area contributed by atoms with Gasteiger partial charge < -0.3 is 19.6 Å². The van der Waals surface area contributed by atoms with Gasteiger partial charge in [0.1, 0.15) is 12.2 Å². The van der Waals surface area contributed by atoms with Crippen LogP contribution in [0.5, 0.6) is 6.01 Å².